The Kier molecular flexibility index (Phi) is 5.93. The van der Waals surface area contributed by atoms with E-state index in [9.17, 15) is 9.59 Å². The van der Waals surface area contributed by atoms with Crippen LogP contribution in [-0.4, -0.2) is 44.8 Å². The zero-order chi connectivity index (χ0) is 23.0. The highest BCUT2D eigenvalue weighted by atomic mass is 16.5. The fraction of sp³-hybridized carbons (Fsp3) is 0.360. The maximum Gasteiger partial charge on any atom is 0.290 e. The molecule has 0 bridgehead atoms. The van der Waals surface area contributed by atoms with E-state index in [4.69, 9.17) is 18.6 Å². The van der Waals surface area contributed by atoms with Gasteiger partial charge in [-0.2, -0.15) is 0 Å². The van der Waals surface area contributed by atoms with E-state index in [1.54, 1.807) is 25.2 Å². The minimum atomic E-state index is -0.612. The number of hydrogen-bond donors (Lipinski definition) is 0. The van der Waals surface area contributed by atoms with Gasteiger partial charge < -0.3 is 23.5 Å². The van der Waals surface area contributed by atoms with Gasteiger partial charge in [0.1, 0.15) is 5.58 Å². The molecule has 2 aromatic carbocycles. The number of carbonyl (C=O) groups is 1. The van der Waals surface area contributed by atoms with Crippen LogP contribution in [-0.2, 0) is 4.74 Å². The molecule has 1 amide bonds. The first-order valence-electron chi connectivity index (χ1n) is 10.6. The van der Waals surface area contributed by atoms with Crippen molar-refractivity contribution in [1.29, 1.82) is 0 Å². The molecule has 0 saturated carbocycles. The molecule has 1 aliphatic heterocycles. The Hall–Kier alpha value is -3.32. The van der Waals surface area contributed by atoms with Crippen molar-refractivity contribution in [2.24, 2.45) is 0 Å². The molecule has 0 fully saturated rings. The second kappa shape index (κ2) is 8.67. The molecule has 7 heteroatoms. The van der Waals surface area contributed by atoms with Crippen molar-refractivity contribution in [2.75, 3.05) is 34.0 Å². The fourth-order valence-corrected chi connectivity index (χ4v) is 4.37. The Morgan fingerprint density at radius 3 is 2.53 bits per heavy atom. The number of rotatable bonds is 7. The Morgan fingerprint density at radius 2 is 1.84 bits per heavy atom. The molecule has 1 aliphatic rings. The Labute approximate surface area is 186 Å². The van der Waals surface area contributed by atoms with Crippen molar-refractivity contribution in [1.82, 2.24) is 4.90 Å². The minimum Gasteiger partial charge on any atom is -0.493 e. The van der Waals surface area contributed by atoms with Crippen LogP contribution in [0.5, 0.6) is 11.5 Å². The van der Waals surface area contributed by atoms with Crippen molar-refractivity contribution in [3.8, 4) is 11.5 Å². The van der Waals surface area contributed by atoms with Gasteiger partial charge in [0.15, 0.2) is 16.9 Å². The average Bonchev–Trinajstić information content (AvgIpc) is 3.05. The minimum absolute atomic E-state index is 0.0865. The van der Waals surface area contributed by atoms with Crippen molar-refractivity contribution in [3.63, 3.8) is 0 Å². The predicted molar refractivity (Wildman–Crippen MR) is 121 cm³/mol. The number of amides is 1. The molecule has 0 spiro atoms. The summed E-state index contributed by atoms with van der Waals surface area (Å²) in [6, 6.07) is 8.60. The molecule has 0 radical (unpaired) electrons. The summed E-state index contributed by atoms with van der Waals surface area (Å²) < 4.78 is 22.4. The lowest BCUT2D eigenvalue weighted by molar-refractivity contribution is 0.0663. The zero-order valence-corrected chi connectivity index (χ0v) is 19.0. The maximum atomic E-state index is 13.7. The first-order valence-corrected chi connectivity index (χ1v) is 10.6. The number of benzene rings is 2. The lowest BCUT2D eigenvalue weighted by Gasteiger charge is -2.25. The normalized spacial score (nSPS) is 15.3. The molecule has 1 unspecified atom stereocenters. The van der Waals surface area contributed by atoms with E-state index >= 15 is 0 Å². The van der Waals surface area contributed by atoms with E-state index in [2.05, 4.69) is 0 Å². The summed E-state index contributed by atoms with van der Waals surface area (Å²) in [5.41, 5.74) is 3.12. The number of hydrogen-bond acceptors (Lipinski definition) is 6. The van der Waals surface area contributed by atoms with Crippen LogP contribution < -0.4 is 14.9 Å². The van der Waals surface area contributed by atoms with E-state index in [0.717, 1.165) is 16.7 Å². The molecule has 0 saturated heterocycles. The third kappa shape index (κ3) is 3.52. The summed E-state index contributed by atoms with van der Waals surface area (Å²) in [7, 11) is 3.14. The van der Waals surface area contributed by atoms with Gasteiger partial charge in [0.25, 0.3) is 5.91 Å². The molecular formula is C25H27NO6. The lowest BCUT2D eigenvalue weighted by Crippen LogP contribution is -2.32. The first-order chi connectivity index (χ1) is 15.4. The molecule has 7 nitrogen and oxygen atoms in total. The molecule has 0 N–H and O–H groups in total. The molecular weight excluding hydrogens is 410 g/mol. The number of aryl methyl sites for hydroxylation is 2. The Balaban J connectivity index is 1.96. The first kappa shape index (κ1) is 21.9. The highest BCUT2D eigenvalue weighted by Gasteiger charge is 2.43. The third-order valence-corrected chi connectivity index (χ3v) is 5.74. The summed E-state index contributed by atoms with van der Waals surface area (Å²) in [5.74, 6) is 0.898. The van der Waals surface area contributed by atoms with E-state index in [0.29, 0.717) is 47.8 Å². The van der Waals surface area contributed by atoms with E-state index < -0.39 is 6.04 Å². The van der Waals surface area contributed by atoms with Crippen molar-refractivity contribution >= 4 is 16.9 Å². The summed E-state index contributed by atoms with van der Waals surface area (Å²) in [4.78, 5) is 28.7. The molecule has 3 aromatic rings. The number of carbonyl (C=O) groups excluding carboxylic acids is 1. The molecule has 4 rings (SSSR count). The van der Waals surface area contributed by atoms with E-state index in [1.807, 2.05) is 45.0 Å². The third-order valence-electron chi connectivity index (χ3n) is 5.74. The highest BCUT2D eigenvalue weighted by molar-refractivity contribution is 5.99. The summed E-state index contributed by atoms with van der Waals surface area (Å²) in [5, 5.41) is 0.477. The molecule has 32 heavy (non-hydrogen) atoms. The van der Waals surface area contributed by atoms with Crippen LogP contribution in [0.25, 0.3) is 11.0 Å². The number of nitrogens with zero attached hydrogens (tertiary/aromatic N) is 1. The van der Waals surface area contributed by atoms with Crippen LogP contribution in [0.4, 0.5) is 0 Å². The van der Waals surface area contributed by atoms with Crippen molar-refractivity contribution in [3.05, 3.63) is 68.6 Å². The molecule has 2 heterocycles. The van der Waals surface area contributed by atoms with Gasteiger partial charge in [-0.25, -0.2) is 0 Å². The molecule has 1 aromatic heterocycles. The van der Waals surface area contributed by atoms with Crippen LogP contribution in [0, 0.1) is 13.8 Å². The van der Waals surface area contributed by atoms with Gasteiger partial charge in [-0.15, -0.1) is 0 Å². The number of ether oxygens (including phenoxy) is 3. The van der Waals surface area contributed by atoms with Gasteiger partial charge in [-0.05, 0) is 55.7 Å². The van der Waals surface area contributed by atoms with Gasteiger partial charge in [-0.1, -0.05) is 12.1 Å². The van der Waals surface area contributed by atoms with Gasteiger partial charge in [0.05, 0.1) is 37.3 Å². The molecule has 0 aliphatic carbocycles. The van der Waals surface area contributed by atoms with Crippen LogP contribution in [0.3, 0.4) is 0 Å². The molecule has 1 atom stereocenters. The second-order valence-electron chi connectivity index (χ2n) is 7.87. The van der Waals surface area contributed by atoms with Crippen LogP contribution in [0.1, 0.15) is 45.8 Å². The van der Waals surface area contributed by atoms with E-state index in [-0.39, 0.29) is 17.1 Å². The standard InChI is InChI=1S/C25H27NO6/c1-6-31-18-8-7-16(13-19(18)30-5)21-20-22(27)17-12-14(2)11-15(3)23(17)32-24(20)25(28)26(21)9-10-29-4/h7-8,11-13,21H,6,9-10H2,1-5H3. The molecule has 168 valence electrons. The van der Waals surface area contributed by atoms with Crippen molar-refractivity contribution in [2.45, 2.75) is 26.8 Å². The average molecular weight is 437 g/mol. The van der Waals surface area contributed by atoms with Gasteiger partial charge in [-0.3, -0.25) is 9.59 Å². The lowest BCUT2D eigenvalue weighted by atomic mass is 9.97. The quantitative estimate of drug-likeness (QED) is 0.556. The number of methoxy groups -OCH3 is 2. The fourth-order valence-electron chi connectivity index (χ4n) is 4.37. The van der Waals surface area contributed by atoms with Crippen LogP contribution in [0.15, 0.2) is 39.5 Å². The second-order valence-corrected chi connectivity index (χ2v) is 7.87. The summed E-state index contributed by atoms with van der Waals surface area (Å²) in [6.45, 7) is 6.84. The number of fused-ring (bicyclic) bond motifs is 2. The summed E-state index contributed by atoms with van der Waals surface area (Å²) >= 11 is 0. The van der Waals surface area contributed by atoms with Gasteiger partial charge >= 0.3 is 0 Å². The maximum absolute atomic E-state index is 13.7. The van der Waals surface area contributed by atoms with Gasteiger partial charge in [0, 0.05) is 13.7 Å². The van der Waals surface area contributed by atoms with Gasteiger partial charge in [0.2, 0.25) is 5.76 Å². The highest BCUT2D eigenvalue weighted by Crippen LogP contribution is 2.41. The van der Waals surface area contributed by atoms with E-state index in [1.165, 1.54) is 0 Å². The predicted octanol–water partition coefficient (Wildman–Crippen LogP) is 4.01. The van der Waals surface area contributed by atoms with Crippen molar-refractivity contribution < 1.29 is 23.4 Å². The topological polar surface area (TPSA) is 78.2 Å². The SMILES string of the molecule is CCOc1ccc(C2c3c(oc4c(C)cc(C)cc4c3=O)C(=O)N2CCOC)cc1OC. The Morgan fingerprint density at radius 1 is 1.06 bits per heavy atom. The Bertz CT molecular complexity index is 1250. The van der Waals surface area contributed by atoms with Crippen LogP contribution >= 0.6 is 0 Å². The smallest absolute Gasteiger partial charge is 0.290 e. The zero-order valence-electron chi connectivity index (χ0n) is 19.0. The largest absolute Gasteiger partial charge is 0.493 e. The van der Waals surface area contributed by atoms with Crippen LogP contribution in [0.2, 0.25) is 0 Å². The summed E-state index contributed by atoms with van der Waals surface area (Å²) in [6.07, 6.45) is 0. The monoisotopic (exact) mass is 437 g/mol.